The molecule has 8 heteroatoms. The molecule has 0 unspecified atom stereocenters. The van der Waals surface area contributed by atoms with Crippen LogP contribution in [0.25, 0.3) is 0 Å². The molecular formula is C21H26N2O4S2. The van der Waals surface area contributed by atoms with E-state index < -0.39 is 0 Å². The second kappa shape index (κ2) is 13.0. The van der Waals surface area contributed by atoms with Gasteiger partial charge >= 0.3 is 0 Å². The van der Waals surface area contributed by atoms with Gasteiger partial charge in [-0.2, -0.15) is 23.5 Å². The van der Waals surface area contributed by atoms with Crippen LogP contribution in [0.5, 0.6) is 11.5 Å². The molecule has 0 spiro atoms. The molecule has 0 bridgehead atoms. The van der Waals surface area contributed by atoms with Crippen molar-refractivity contribution >= 4 is 46.7 Å². The minimum atomic E-state index is -0.0525. The van der Waals surface area contributed by atoms with Crippen molar-refractivity contribution in [3.63, 3.8) is 0 Å². The second-order valence-electron chi connectivity index (χ2n) is 5.96. The maximum atomic E-state index is 12.0. The molecular weight excluding hydrogens is 408 g/mol. The number of amides is 2. The summed E-state index contributed by atoms with van der Waals surface area (Å²) in [7, 11) is 3.15. The first-order valence-electron chi connectivity index (χ1n) is 9.15. The molecule has 0 aliphatic carbocycles. The van der Waals surface area contributed by atoms with E-state index in [4.69, 9.17) is 9.47 Å². The van der Waals surface area contributed by atoms with E-state index in [9.17, 15) is 9.59 Å². The summed E-state index contributed by atoms with van der Waals surface area (Å²) in [5.41, 5.74) is 1.36. The molecule has 0 heterocycles. The molecule has 0 aromatic heterocycles. The number of carbonyl (C=O) groups is 2. The Morgan fingerprint density at radius 1 is 0.759 bits per heavy atom. The van der Waals surface area contributed by atoms with Gasteiger partial charge < -0.3 is 20.1 Å². The number of methoxy groups -OCH3 is 2. The Morgan fingerprint density at radius 3 is 1.59 bits per heavy atom. The van der Waals surface area contributed by atoms with E-state index in [0.717, 1.165) is 17.9 Å². The minimum absolute atomic E-state index is 0.0525. The van der Waals surface area contributed by atoms with Crippen LogP contribution in [0.15, 0.2) is 48.5 Å². The fraction of sp³-hybridized carbons (Fsp3) is 0.333. The summed E-state index contributed by atoms with van der Waals surface area (Å²) in [5, 5.41) is 5.72. The Kier molecular flexibility index (Phi) is 10.3. The second-order valence-corrected chi connectivity index (χ2v) is 8.17. The fourth-order valence-electron chi connectivity index (χ4n) is 2.46. The van der Waals surface area contributed by atoms with Gasteiger partial charge in [-0.15, -0.1) is 0 Å². The van der Waals surface area contributed by atoms with Crippen molar-refractivity contribution in [2.45, 2.75) is 6.42 Å². The van der Waals surface area contributed by atoms with E-state index in [-0.39, 0.29) is 11.8 Å². The summed E-state index contributed by atoms with van der Waals surface area (Å²) in [6, 6.07) is 14.7. The lowest BCUT2D eigenvalue weighted by Crippen LogP contribution is -2.15. The van der Waals surface area contributed by atoms with Crippen molar-refractivity contribution < 1.29 is 19.1 Å². The molecule has 2 amide bonds. The highest BCUT2D eigenvalue weighted by Crippen LogP contribution is 2.24. The van der Waals surface area contributed by atoms with E-state index >= 15 is 0 Å². The molecule has 2 N–H and O–H groups in total. The van der Waals surface area contributed by atoms with Gasteiger partial charge in [0.15, 0.2) is 0 Å². The Morgan fingerprint density at radius 2 is 1.17 bits per heavy atom. The van der Waals surface area contributed by atoms with Gasteiger partial charge in [0.2, 0.25) is 11.8 Å². The zero-order valence-corrected chi connectivity index (χ0v) is 18.2. The maximum absolute atomic E-state index is 12.0. The summed E-state index contributed by atoms with van der Waals surface area (Å²) in [5.74, 6) is 3.68. The van der Waals surface area contributed by atoms with E-state index in [2.05, 4.69) is 10.6 Å². The summed E-state index contributed by atoms with van der Waals surface area (Å²) in [6.45, 7) is 0. The molecule has 2 rings (SSSR count). The normalized spacial score (nSPS) is 10.3. The van der Waals surface area contributed by atoms with E-state index in [0.29, 0.717) is 34.4 Å². The number of thioether (sulfide) groups is 2. The lowest BCUT2D eigenvalue weighted by Gasteiger charge is -2.10. The number of ether oxygens (including phenoxy) is 2. The Bertz CT molecular complexity index is 736. The molecule has 2 aromatic carbocycles. The van der Waals surface area contributed by atoms with Crippen LogP contribution in [0.4, 0.5) is 11.4 Å². The number of anilines is 2. The molecule has 0 radical (unpaired) electrons. The van der Waals surface area contributed by atoms with Gasteiger partial charge in [-0.3, -0.25) is 9.59 Å². The lowest BCUT2D eigenvalue weighted by atomic mass is 10.3. The van der Waals surface area contributed by atoms with Gasteiger partial charge in [0, 0.05) is 0 Å². The van der Waals surface area contributed by atoms with E-state index in [1.165, 1.54) is 0 Å². The van der Waals surface area contributed by atoms with Crippen LogP contribution in [0.2, 0.25) is 0 Å². The number of hydrogen-bond acceptors (Lipinski definition) is 6. The van der Waals surface area contributed by atoms with Gasteiger partial charge in [-0.1, -0.05) is 24.3 Å². The van der Waals surface area contributed by atoms with Crippen molar-refractivity contribution in [3.8, 4) is 11.5 Å². The molecule has 0 saturated heterocycles. The number of benzene rings is 2. The van der Waals surface area contributed by atoms with E-state index in [1.54, 1.807) is 37.7 Å². The number of para-hydroxylation sites is 4. The standard InChI is InChI=1S/C21H26N2O4S2/c1-26-18-10-5-3-8-16(18)22-20(24)14-28-12-7-13-29-15-21(25)23-17-9-4-6-11-19(17)27-2/h3-6,8-11H,7,12-15H2,1-2H3,(H,22,24)(H,23,25). The van der Waals surface area contributed by atoms with Crippen molar-refractivity contribution in [2.75, 3.05) is 47.9 Å². The average molecular weight is 435 g/mol. The first kappa shape index (κ1) is 23.0. The third-order valence-corrected chi connectivity index (χ3v) is 5.89. The van der Waals surface area contributed by atoms with Crippen LogP contribution in [0.3, 0.4) is 0 Å². The summed E-state index contributed by atoms with van der Waals surface area (Å²) < 4.78 is 10.4. The molecule has 2 aromatic rings. The van der Waals surface area contributed by atoms with Gasteiger partial charge in [0.1, 0.15) is 11.5 Å². The fourth-order valence-corrected chi connectivity index (χ4v) is 4.14. The number of rotatable bonds is 12. The van der Waals surface area contributed by atoms with Crippen molar-refractivity contribution in [3.05, 3.63) is 48.5 Å². The number of hydrogen-bond donors (Lipinski definition) is 2. The van der Waals surface area contributed by atoms with Gasteiger partial charge in [0.05, 0.1) is 37.1 Å². The highest BCUT2D eigenvalue weighted by atomic mass is 32.2. The van der Waals surface area contributed by atoms with Crippen LogP contribution in [0, 0.1) is 0 Å². The monoisotopic (exact) mass is 434 g/mol. The third kappa shape index (κ3) is 8.29. The third-order valence-electron chi connectivity index (χ3n) is 3.81. The zero-order chi connectivity index (χ0) is 20.9. The number of nitrogens with one attached hydrogen (secondary N) is 2. The number of carbonyl (C=O) groups excluding carboxylic acids is 2. The summed E-state index contributed by atoms with van der Waals surface area (Å²) in [4.78, 5) is 24.1. The Balaban J connectivity index is 1.55. The molecule has 0 atom stereocenters. The first-order chi connectivity index (χ1) is 14.1. The summed E-state index contributed by atoms with van der Waals surface area (Å²) in [6.07, 6.45) is 0.930. The molecule has 0 aliphatic heterocycles. The highest BCUT2D eigenvalue weighted by Gasteiger charge is 2.08. The van der Waals surface area contributed by atoms with E-state index in [1.807, 2.05) is 48.5 Å². The molecule has 156 valence electrons. The predicted octanol–water partition coefficient (Wildman–Crippen LogP) is 4.14. The van der Waals surface area contributed by atoms with Crippen molar-refractivity contribution in [2.24, 2.45) is 0 Å². The molecule has 0 fully saturated rings. The Labute approximate surface area is 180 Å². The molecule has 29 heavy (non-hydrogen) atoms. The topological polar surface area (TPSA) is 76.7 Å². The van der Waals surface area contributed by atoms with Crippen LogP contribution in [-0.4, -0.2) is 49.0 Å². The largest absolute Gasteiger partial charge is 0.495 e. The SMILES string of the molecule is COc1ccccc1NC(=O)CSCCCSCC(=O)Nc1ccccc1OC. The summed E-state index contributed by atoms with van der Waals surface area (Å²) >= 11 is 3.15. The first-order valence-corrected chi connectivity index (χ1v) is 11.5. The maximum Gasteiger partial charge on any atom is 0.234 e. The van der Waals surface area contributed by atoms with Crippen LogP contribution < -0.4 is 20.1 Å². The minimum Gasteiger partial charge on any atom is -0.495 e. The zero-order valence-electron chi connectivity index (χ0n) is 16.6. The lowest BCUT2D eigenvalue weighted by molar-refractivity contribution is -0.114. The predicted molar refractivity (Wildman–Crippen MR) is 123 cm³/mol. The Hall–Kier alpha value is -2.32. The smallest absolute Gasteiger partial charge is 0.234 e. The average Bonchev–Trinajstić information content (AvgIpc) is 2.73. The van der Waals surface area contributed by atoms with Crippen LogP contribution in [-0.2, 0) is 9.59 Å². The van der Waals surface area contributed by atoms with Crippen LogP contribution >= 0.6 is 23.5 Å². The quantitative estimate of drug-likeness (QED) is 0.489. The van der Waals surface area contributed by atoms with Gasteiger partial charge in [-0.25, -0.2) is 0 Å². The molecule has 0 aliphatic rings. The molecule has 6 nitrogen and oxygen atoms in total. The van der Waals surface area contributed by atoms with Gasteiger partial charge in [0.25, 0.3) is 0 Å². The van der Waals surface area contributed by atoms with Gasteiger partial charge in [-0.05, 0) is 42.2 Å². The van der Waals surface area contributed by atoms with Crippen molar-refractivity contribution in [1.82, 2.24) is 0 Å². The highest BCUT2D eigenvalue weighted by molar-refractivity contribution is 8.00. The molecule has 0 saturated carbocycles. The van der Waals surface area contributed by atoms with Crippen LogP contribution in [0.1, 0.15) is 6.42 Å². The van der Waals surface area contributed by atoms with Crippen molar-refractivity contribution in [1.29, 1.82) is 0 Å².